The van der Waals surface area contributed by atoms with Crippen LogP contribution < -0.4 is 5.32 Å². The molecule has 0 radical (unpaired) electrons. The Kier molecular flexibility index (Phi) is 4.84. The molecule has 0 aromatic heterocycles. The molecule has 0 aliphatic carbocycles. The molecule has 0 heterocycles. The summed E-state index contributed by atoms with van der Waals surface area (Å²) in [6, 6.07) is 6.68. The van der Waals surface area contributed by atoms with E-state index in [9.17, 15) is 9.59 Å². The molecular formula is C13H18N2O2. The van der Waals surface area contributed by atoms with E-state index in [0.29, 0.717) is 17.7 Å². The lowest BCUT2D eigenvalue weighted by atomic mass is 10.1. The molecule has 0 atom stereocenters. The first-order chi connectivity index (χ1) is 8.00. The van der Waals surface area contributed by atoms with Gasteiger partial charge >= 0.3 is 0 Å². The minimum atomic E-state index is -0.109. The highest BCUT2D eigenvalue weighted by Crippen LogP contribution is 2.04. The lowest BCUT2D eigenvalue weighted by Gasteiger charge is -2.10. The first kappa shape index (κ1) is 13.4. The van der Waals surface area contributed by atoms with Crippen LogP contribution in [0.2, 0.25) is 0 Å². The predicted molar refractivity (Wildman–Crippen MR) is 67.3 cm³/mol. The maximum Gasteiger partial charge on any atom is 0.251 e. The van der Waals surface area contributed by atoms with Crippen molar-refractivity contribution in [1.29, 1.82) is 0 Å². The Bertz CT molecular complexity index is 396. The fourth-order valence-electron chi connectivity index (χ4n) is 1.35. The van der Waals surface area contributed by atoms with Gasteiger partial charge in [-0.2, -0.15) is 0 Å². The maximum atomic E-state index is 11.7. The Morgan fingerprint density at radius 2 is 1.65 bits per heavy atom. The number of hydrogen-bond acceptors (Lipinski definition) is 3. The summed E-state index contributed by atoms with van der Waals surface area (Å²) >= 11 is 0. The summed E-state index contributed by atoms with van der Waals surface area (Å²) < 4.78 is 0. The molecule has 1 amide bonds. The summed E-state index contributed by atoms with van der Waals surface area (Å²) in [4.78, 5) is 24.8. The van der Waals surface area contributed by atoms with Crippen molar-refractivity contribution in [2.24, 2.45) is 0 Å². The normalized spacial score (nSPS) is 10.4. The van der Waals surface area contributed by atoms with E-state index >= 15 is 0 Å². The quantitative estimate of drug-likeness (QED) is 0.778. The van der Waals surface area contributed by atoms with Gasteiger partial charge in [0.15, 0.2) is 5.78 Å². The average Bonchev–Trinajstić information content (AvgIpc) is 2.28. The van der Waals surface area contributed by atoms with Gasteiger partial charge in [-0.15, -0.1) is 0 Å². The maximum absolute atomic E-state index is 11.7. The number of carbonyl (C=O) groups is 2. The van der Waals surface area contributed by atoms with Crippen molar-refractivity contribution >= 4 is 11.7 Å². The third kappa shape index (κ3) is 4.36. The van der Waals surface area contributed by atoms with Gasteiger partial charge in [-0.05, 0) is 33.2 Å². The van der Waals surface area contributed by atoms with E-state index in [4.69, 9.17) is 0 Å². The third-order valence-corrected chi connectivity index (χ3v) is 2.40. The lowest BCUT2D eigenvalue weighted by Crippen LogP contribution is -2.31. The van der Waals surface area contributed by atoms with E-state index in [1.165, 1.54) is 6.92 Å². The van der Waals surface area contributed by atoms with Gasteiger partial charge < -0.3 is 10.2 Å². The monoisotopic (exact) mass is 234 g/mol. The molecule has 0 unspecified atom stereocenters. The molecule has 4 nitrogen and oxygen atoms in total. The van der Waals surface area contributed by atoms with E-state index in [-0.39, 0.29) is 11.7 Å². The fraction of sp³-hybridized carbons (Fsp3) is 0.385. The number of benzene rings is 1. The molecule has 1 N–H and O–H groups in total. The van der Waals surface area contributed by atoms with Crippen LogP contribution in [-0.4, -0.2) is 43.8 Å². The van der Waals surface area contributed by atoms with Gasteiger partial charge in [0, 0.05) is 24.2 Å². The first-order valence-corrected chi connectivity index (χ1v) is 5.54. The summed E-state index contributed by atoms with van der Waals surface area (Å²) in [5.41, 5.74) is 1.20. The van der Waals surface area contributed by atoms with Crippen LogP contribution in [0.15, 0.2) is 24.3 Å². The van der Waals surface area contributed by atoms with Crippen LogP contribution >= 0.6 is 0 Å². The molecule has 17 heavy (non-hydrogen) atoms. The van der Waals surface area contributed by atoms with Crippen LogP contribution in [0.5, 0.6) is 0 Å². The number of nitrogens with one attached hydrogen (secondary N) is 1. The van der Waals surface area contributed by atoms with Crippen molar-refractivity contribution in [3.8, 4) is 0 Å². The van der Waals surface area contributed by atoms with Crippen LogP contribution in [0, 0.1) is 0 Å². The Morgan fingerprint density at radius 3 is 2.12 bits per heavy atom. The van der Waals surface area contributed by atoms with Gasteiger partial charge in [0.1, 0.15) is 0 Å². The second-order valence-electron chi connectivity index (χ2n) is 4.19. The minimum absolute atomic E-state index is 0.00423. The lowest BCUT2D eigenvalue weighted by molar-refractivity contribution is 0.0949. The van der Waals surface area contributed by atoms with Gasteiger partial charge in [-0.3, -0.25) is 9.59 Å². The van der Waals surface area contributed by atoms with Crippen LogP contribution in [0.25, 0.3) is 0 Å². The molecule has 0 aliphatic rings. The SMILES string of the molecule is CC(=O)c1ccc(C(=O)NCCN(C)C)cc1. The van der Waals surface area contributed by atoms with Crippen molar-refractivity contribution in [3.63, 3.8) is 0 Å². The number of amides is 1. The summed E-state index contributed by atoms with van der Waals surface area (Å²) in [5, 5.41) is 2.81. The van der Waals surface area contributed by atoms with Gasteiger partial charge in [-0.25, -0.2) is 0 Å². The van der Waals surface area contributed by atoms with Gasteiger partial charge in [0.25, 0.3) is 5.91 Å². The van der Waals surface area contributed by atoms with Crippen LogP contribution in [-0.2, 0) is 0 Å². The van der Waals surface area contributed by atoms with Crippen LogP contribution in [0.4, 0.5) is 0 Å². The standard InChI is InChI=1S/C13H18N2O2/c1-10(16)11-4-6-12(7-5-11)13(17)14-8-9-15(2)3/h4-7H,8-9H2,1-3H3,(H,14,17). The van der Waals surface area contributed by atoms with Crippen molar-refractivity contribution in [2.75, 3.05) is 27.2 Å². The topological polar surface area (TPSA) is 49.4 Å². The zero-order valence-corrected chi connectivity index (χ0v) is 10.5. The molecule has 92 valence electrons. The molecule has 1 rings (SSSR count). The van der Waals surface area contributed by atoms with E-state index in [0.717, 1.165) is 6.54 Å². The Hall–Kier alpha value is -1.68. The van der Waals surface area contributed by atoms with E-state index in [2.05, 4.69) is 5.32 Å². The molecule has 0 saturated heterocycles. The molecule has 4 heteroatoms. The Balaban J connectivity index is 2.55. The second-order valence-corrected chi connectivity index (χ2v) is 4.19. The highest BCUT2D eigenvalue weighted by Gasteiger charge is 2.05. The number of Topliss-reactive ketones (excluding diaryl/α,β-unsaturated/α-hetero) is 1. The Labute approximate surface area is 102 Å². The summed E-state index contributed by atoms with van der Waals surface area (Å²) in [6.07, 6.45) is 0. The van der Waals surface area contributed by atoms with Crippen molar-refractivity contribution in [2.45, 2.75) is 6.92 Å². The number of hydrogen-bond donors (Lipinski definition) is 1. The highest BCUT2D eigenvalue weighted by atomic mass is 16.1. The molecule has 0 saturated carbocycles. The largest absolute Gasteiger partial charge is 0.351 e. The molecule has 1 aromatic carbocycles. The van der Waals surface area contributed by atoms with Gasteiger partial charge in [0.2, 0.25) is 0 Å². The number of nitrogens with zero attached hydrogens (tertiary/aromatic N) is 1. The minimum Gasteiger partial charge on any atom is -0.351 e. The fourth-order valence-corrected chi connectivity index (χ4v) is 1.35. The molecule has 0 spiro atoms. The van der Waals surface area contributed by atoms with Crippen molar-refractivity contribution in [3.05, 3.63) is 35.4 Å². The summed E-state index contributed by atoms with van der Waals surface area (Å²) in [5.74, 6) is -0.105. The Morgan fingerprint density at radius 1 is 1.12 bits per heavy atom. The number of likely N-dealkylation sites (N-methyl/N-ethyl adjacent to an activating group) is 1. The number of carbonyl (C=O) groups excluding carboxylic acids is 2. The zero-order valence-electron chi connectivity index (χ0n) is 10.5. The third-order valence-electron chi connectivity index (χ3n) is 2.40. The van der Waals surface area contributed by atoms with E-state index < -0.39 is 0 Å². The van der Waals surface area contributed by atoms with E-state index in [1.54, 1.807) is 24.3 Å². The smallest absolute Gasteiger partial charge is 0.251 e. The second kappa shape index (κ2) is 6.15. The van der Waals surface area contributed by atoms with Crippen molar-refractivity contribution in [1.82, 2.24) is 10.2 Å². The molecular weight excluding hydrogens is 216 g/mol. The van der Waals surface area contributed by atoms with Crippen LogP contribution in [0.3, 0.4) is 0 Å². The molecule has 0 aliphatic heterocycles. The molecule has 0 bridgehead atoms. The van der Waals surface area contributed by atoms with E-state index in [1.807, 2.05) is 19.0 Å². The number of rotatable bonds is 5. The first-order valence-electron chi connectivity index (χ1n) is 5.54. The van der Waals surface area contributed by atoms with Crippen molar-refractivity contribution < 1.29 is 9.59 Å². The highest BCUT2D eigenvalue weighted by molar-refractivity contribution is 5.97. The summed E-state index contributed by atoms with van der Waals surface area (Å²) in [6.45, 7) is 2.92. The van der Waals surface area contributed by atoms with Gasteiger partial charge in [-0.1, -0.05) is 12.1 Å². The molecule has 0 fully saturated rings. The predicted octanol–water partition coefficient (Wildman–Crippen LogP) is 1.18. The van der Waals surface area contributed by atoms with Crippen LogP contribution in [0.1, 0.15) is 27.6 Å². The average molecular weight is 234 g/mol. The zero-order chi connectivity index (χ0) is 12.8. The number of ketones is 1. The molecule has 1 aromatic rings. The summed E-state index contributed by atoms with van der Waals surface area (Å²) in [7, 11) is 3.90. The van der Waals surface area contributed by atoms with Gasteiger partial charge in [0.05, 0.1) is 0 Å².